The summed E-state index contributed by atoms with van der Waals surface area (Å²) in [5, 5.41) is 7.17. The second-order valence-corrected chi connectivity index (χ2v) is 15.5. The summed E-state index contributed by atoms with van der Waals surface area (Å²) in [5.74, 6) is 0.650. The number of para-hydroxylation sites is 2. The first-order valence-corrected chi connectivity index (χ1v) is 19.9. The van der Waals surface area contributed by atoms with Gasteiger partial charge < -0.3 is 4.57 Å². The van der Waals surface area contributed by atoms with Crippen molar-refractivity contribution in [2.75, 3.05) is 0 Å². The summed E-state index contributed by atoms with van der Waals surface area (Å²) in [7, 11) is 0. The van der Waals surface area contributed by atoms with Gasteiger partial charge in [-0.05, 0) is 94.2 Å². The summed E-state index contributed by atoms with van der Waals surface area (Å²) in [5.41, 5.74) is 12.1. The van der Waals surface area contributed by atoms with E-state index < -0.39 is 0 Å². The van der Waals surface area contributed by atoms with Gasteiger partial charge >= 0.3 is 0 Å². The van der Waals surface area contributed by atoms with Gasteiger partial charge in [0.25, 0.3) is 0 Å². The summed E-state index contributed by atoms with van der Waals surface area (Å²) < 4.78 is 5.71. The molecule has 5 heterocycles. The summed E-state index contributed by atoms with van der Waals surface area (Å²) >= 11 is 1.72. The zero-order chi connectivity index (χ0) is 37.5. The maximum absolute atomic E-state index is 5.44. The van der Waals surface area contributed by atoms with Crippen LogP contribution in [0.4, 0.5) is 0 Å². The Hall–Kier alpha value is -7.41. The predicted octanol–water partition coefficient (Wildman–Crippen LogP) is 13.4. The number of hydrogen-bond donors (Lipinski definition) is 0. The molecule has 12 rings (SSSR count). The van der Waals surface area contributed by atoms with Crippen molar-refractivity contribution in [1.82, 2.24) is 24.1 Å². The number of pyridine rings is 1. The second-order valence-electron chi connectivity index (χ2n) is 14.5. The van der Waals surface area contributed by atoms with E-state index in [0.29, 0.717) is 5.95 Å². The standard InChI is InChI=1S/C51H31N5S/c1-3-12-33(13-4-1)49-50-42(31-47(57-50)32-24-26-52-27-25-32)53-51(54-49)56-44-23-22-36(29-40(44)41-28-34-14-7-8-15-35(34)30-46(41)56)38-19-11-21-45-48(38)39-18-9-10-20-43(39)55(45)37-16-5-2-6-17-37/h1-31H. The maximum Gasteiger partial charge on any atom is 0.235 e. The predicted molar refractivity (Wildman–Crippen MR) is 238 cm³/mol. The topological polar surface area (TPSA) is 48.5 Å². The van der Waals surface area contributed by atoms with E-state index in [1.807, 2.05) is 12.4 Å². The number of benzene rings is 7. The van der Waals surface area contributed by atoms with Crippen LogP contribution in [-0.2, 0) is 0 Å². The van der Waals surface area contributed by atoms with Gasteiger partial charge in [0.2, 0.25) is 5.95 Å². The van der Waals surface area contributed by atoms with Crippen molar-refractivity contribution in [3.8, 4) is 44.5 Å². The van der Waals surface area contributed by atoms with Crippen LogP contribution in [0.25, 0.3) is 109 Å². The number of fused-ring (bicyclic) bond motifs is 8. The first kappa shape index (κ1) is 31.9. The Morgan fingerprint density at radius 2 is 1.14 bits per heavy atom. The Labute approximate surface area is 331 Å². The third kappa shape index (κ3) is 4.98. The molecule has 0 bridgehead atoms. The van der Waals surface area contributed by atoms with E-state index in [1.54, 1.807) is 11.3 Å². The molecule has 0 spiro atoms. The van der Waals surface area contributed by atoms with Crippen LogP contribution in [0.3, 0.4) is 0 Å². The maximum atomic E-state index is 5.44. The Bertz CT molecular complexity index is 3510. The minimum Gasteiger partial charge on any atom is -0.309 e. The molecule has 6 heteroatoms. The smallest absolute Gasteiger partial charge is 0.235 e. The monoisotopic (exact) mass is 745 g/mol. The third-order valence-corrected chi connectivity index (χ3v) is 12.4. The minimum atomic E-state index is 0.650. The summed E-state index contributed by atoms with van der Waals surface area (Å²) in [4.78, 5) is 16.2. The van der Waals surface area contributed by atoms with Gasteiger partial charge in [-0.15, -0.1) is 11.3 Å². The van der Waals surface area contributed by atoms with Crippen LogP contribution in [0.1, 0.15) is 0 Å². The fraction of sp³-hybridized carbons (Fsp3) is 0. The molecular formula is C51H31N5S. The van der Waals surface area contributed by atoms with Gasteiger partial charge in [-0.25, -0.2) is 9.97 Å². The average molecular weight is 746 g/mol. The number of rotatable bonds is 5. The van der Waals surface area contributed by atoms with E-state index in [-0.39, 0.29) is 0 Å². The van der Waals surface area contributed by atoms with Crippen LogP contribution < -0.4 is 0 Å². The molecule has 0 amide bonds. The van der Waals surface area contributed by atoms with Gasteiger partial charge in [-0.2, -0.15) is 0 Å². The van der Waals surface area contributed by atoms with Gasteiger partial charge in [0.05, 0.1) is 38.0 Å². The van der Waals surface area contributed by atoms with Crippen molar-refractivity contribution in [3.05, 3.63) is 188 Å². The molecule has 0 aliphatic rings. The molecule has 0 saturated heterocycles. The van der Waals surface area contributed by atoms with Crippen LogP contribution in [0.15, 0.2) is 188 Å². The Kier molecular flexibility index (Phi) is 7.03. The quantitative estimate of drug-likeness (QED) is 0.176. The van der Waals surface area contributed by atoms with Crippen molar-refractivity contribution in [2.45, 2.75) is 0 Å². The van der Waals surface area contributed by atoms with Crippen LogP contribution in [0.5, 0.6) is 0 Å². The SMILES string of the molecule is c1ccc(-c2nc(-n3c4ccc(-c5cccc6c5c5ccccc5n6-c5ccccc5)cc4c4cc5ccccc5cc43)nc3cc(-c4ccncc4)sc23)cc1. The molecule has 0 fully saturated rings. The molecule has 0 saturated carbocycles. The molecule has 0 N–H and O–H groups in total. The molecule has 0 aliphatic carbocycles. The largest absolute Gasteiger partial charge is 0.309 e. The van der Waals surface area contributed by atoms with E-state index in [0.717, 1.165) is 65.0 Å². The molecule has 266 valence electrons. The molecule has 0 radical (unpaired) electrons. The van der Waals surface area contributed by atoms with Gasteiger partial charge in [0.15, 0.2) is 0 Å². The summed E-state index contributed by atoms with van der Waals surface area (Å²) in [6.07, 6.45) is 3.68. The van der Waals surface area contributed by atoms with E-state index >= 15 is 0 Å². The number of nitrogens with zero attached hydrogens (tertiary/aromatic N) is 5. The zero-order valence-corrected chi connectivity index (χ0v) is 31.4. The second kappa shape index (κ2) is 12.6. The molecule has 5 nitrogen and oxygen atoms in total. The van der Waals surface area contributed by atoms with Crippen molar-refractivity contribution in [2.24, 2.45) is 0 Å². The van der Waals surface area contributed by atoms with Gasteiger partial charge in [-0.1, -0.05) is 109 Å². The number of aromatic nitrogens is 5. The van der Waals surface area contributed by atoms with Crippen LogP contribution in [0.2, 0.25) is 0 Å². The normalized spacial score (nSPS) is 11.9. The number of hydrogen-bond acceptors (Lipinski definition) is 4. The zero-order valence-electron chi connectivity index (χ0n) is 30.5. The van der Waals surface area contributed by atoms with Gasteiger partial charge in [0.1, 0.15) is 0 Å². The summed E-state index contributed by atoms with van der Waals surface area (Å²) in [6.45, 7) is 0. The van der Waals surface area contributed by atoms with E-state index in [9.17, 15) is 0 Å². The molecular weight excluding hydrogens is 715 g/mol. The molecule has 0 atom stereocenters. The molecule has 57 heavy (non-hydrogen) atoms. The lowest BCUT2D eigenvalue weighted by Gasteiger charge is -2.11. The lowest BCUT2D eigenvalue weighted by atomic mass is 9.97. The van der Waals surface area contributed by atoms with Crippen LogP contribution in [-0.4, -0.2) is 24.1 Å². The van der Waals surface area contributed by atoms with E-state index in [1.165, 1.54) is 38.1 Å². The highest BCUT2D eigenvalue weighted by atomic mass is 32.1. The van der Waals surface area contributed by atoms with E-state index in [2.05, 4.69) is 190 Å². The molecule has 5 aromatic heterocycles. The Morgan fingerprint density at radius 3 is 1.98 bits per heavy atom. The first-order valence-electron chi connectivity index (χ1n) is 19.1. The molecule has 0 aliphatic heterocycles. The van der Waals surface area contributed by atoms with Crippen molar-refractivity contribution in [3.63, 3.8) is 0 Å². The van der Waals surface area contributed by atoms with Crippen molar-refractivity contribution in [1.29, 1.82) is 0 Å². The Balaban J connectivity index is 1.14. The lowest BCUT2D eigenvalue weighted by molar-refractivity contribution is 1.02. The highest BCUT2D eigenvalue weighted by molar-refractivity contribution is 7.22. The van der Waals surface area contributed by atoms with Crippen molar-refractivity contribution >= 4 is 75.9 Å². The highest BCUT2D eigenvalue weighted by Gasteiger charge is 2.22. The lowest BCUT2D eigenvalue weighted by Crippen LogP contribution is -2.02. The number of thiophene rings is 1. The minimum absolute atomic E-state index is 0.650. The fourth-order valence-electron chi connectivity index (χ4n) is 8.67. The van der Waals surface area contributed by atoms with Crippen LogP contribution >= 0.6 is 11.3 Å². The van der Waals surface area contributed by atoms with Crippen LogP contribution in [0, 0.1) is 0 Å². The van der Waals surface area contributed by atoms with E-state index in [4.69, 9.17) is 9.97 Å². The third-order valence-electron chi connectivity index (χ3n) is 11.2. The van der Waals surface area contributed by atoms with Gasteiger partial charge in [0, 0.05) is 50.1 Å². The first-order chi connectivity index (χ1) is 28.3. The average Bonchev–Trinajstić information content (AvgIpc) is 3.96. The van der Waals surface area contributed by atoms with Crippen molar-refractivity contribution < 1.29 is 0 Å². The molecule has 0 unspecified atom stereocenters. The highest BCUT2D eigenvalue weighted by Crippen LogP contribution is 2.43. The molecule has 7 aromatic carbocycles. The van der Waals surface area contributed by atoms with Gasteiger partial charge in [-0.3, -0.25) is 9.55 Å². The molecule has 12 aromatic rings. The Morgan fingerprint density at radius 1 is 0.439 bits per heavy atom. The fourth-order valence-corrected chi connectivity index (χ4v) is 9.79. The summed E-state index contributed by atoms with van der Waals surface area (Å²) in [6, 6.07) is 63.0.